The van der Waals surface area contributed by atoms with Crippen molar-refractivity contribution < 1.29 is 9.59 Å². The third-order valence-corrected chi connectivity index (χ3v) is 5.56. The van der Waals surface area contributed by atoms with Crippen LogP contribution in [0.3, 0.4) is 0 Å². The van der Waals surface area contributed by atoms with Crippen molar-refractivity contribution in [2.24, 2.45) is 0 Å². The molecule has 1 aliphatic heterocycles. The van der Waals surface area contributed by atoms with Gasteiger partial charge in [-0.25, -0.2) is 0 Å². The number of nitrogens with one attached hydrogen (secondary N) is 1. The van der Waals surface area contributed by atoms with Gasteiger partial charge in [-0.2, -0.15) is 0 Å². The first-order valence-electron chi connectivity index (χ1n) is 9.91. The fraction of sp³-hybridized carbons (Fsp3) is 0.619. The van der Waals surface area contributed by atoms with Gasteiger partial charge >= 0.3 is 0 Å². The minimum atomic E-state index is -0.407. The first kappa shape index (κ1) is 18.0. The number of fused-ring (bicyclic) bond motifs is 1. The molecule has 2 amide bonds. The number of carbonyl (C=O) groups excluding carboxylic acids is 2. The van der Waals surface area contributed by atoms with E-state index in [2.05, 4.69) is 11.4 Å². The fourth-order valence-corrected chi connectivity index (χ4v) is 4.19. The molecule has 1 fully saturated rings. The van der Waals surface area contributed by atoms with Crippen LogP contribution in [0.4, 0.5) is 5.69 Å². The van der Waals surface area contributed by atoms with Gasteiger partial charge in [-0.3, -0.25) is 14.5 Å². The Balaban J connectivity index is 1.80. The molecule has 3 rings (SSSR count). The summed E-state index contributed by atoms with van der Waals surface area (Å²) in [6, 6.07) is 7.90. The molecule has 2 aliphatic rings. The van der Waals surface area contributed by atoms with E-state index < -0.39 is 6.04 Å². The normalized spacial score (nSPS) is 20.4. The molecule has 0 bridgehead atoms. The summed E-state index contributed by atoms with van der Waals surface area (Å²) in [6.45, 7) is 2.00. The third kappa shape index (κ3) is 4.23. The van der Waals surface area contributed by atoms with E-state index in [9.17, 15) is 9.59 Å². The average Bonchev–Trinajstić information content (AvgIpc) is 2.96. The van der Waals surface area contributed by atoms with Crippen LogP contribution in [0.15, 0.2) is 24.3 Å². The van der Waals surface area contributed by atoms with Crippen LogP contribution in [0.5, 0.6) is 0 Å². The van der Waals surface area contributed by atoms with Crippen LogP contribution in [0.25, 0.3) is 0 Å². The van der Waals surface area contributed by atoms with E-state index in [0.717, 1.165) is 31.4 Å². The number of rotatable bonds is 4. The zero-order valence-electron chi connectivity index (χ0n) is 15.3. The fourth-order valence-electron chi connectivity index (χ4n) is 4.19. The van der Waals surface area contributed by atoms with Gasteiger partial charge in [0.25, 0.3) is 0 Å². The largest absolute Gasteiger partial charge is 0.352 e. The van der Waals surface area contributed by atoms with Gasteiger partial charge in [-0.1, -0.05) is 50.8 Å². The molecule has 1 saturated carbocycles. The Hall–Kier alpha value is -1.84. The molecule has 1 aromatic carbocycles. The van der Waals surface area contributed by atoms with Gasteiger partial charge in [-0.15, -0.1) is 0 Å². The molecule has 1 aliphatic carbocycles. The van der Waals surface area contributed by atoms with Crippen molar-refractivity contribution in [2.45, 2.75) is 83.2 Å². The first-order valence-corrected chi connectivity index (χ1v) is 9.91. The average molecular weight is 342 g/mol. The highest BCUT2D eigenvalue weighted by atomic mass is 16.2. The van der Waals surface area contributed by atoms with Crippen LogP contribution in [0.2, 0.25) is 0 Å². The Kier molecular flexibility index (Phi) is 6.11. The summed E-state index contributed by atoms with van der Waals surface area (Å²) in [5, 5.41) is 3.25. The lowest BCUT2D eigenvalue weighted by Gasteiger charge is -2.32. The number of nitrogens with zero attached hydrogens (tertiary/aromatic N) is 1. The molecule has 0 aromatic heterocycles. The smallest absolute Gasteiger partial charge is 0.243 e. The molecular weight excluding hydrogens is 312 g/mol. The van der Waals surface area contributed by atoms with E-state index >= 15 is 0 Å². The Morgan fingerprint density at radius 1 is 1.12 bits per heavy atom. The van der Waals surface area contributed by atoms with E-state index in [1.807, 2.05) is 25.1 Å². The van der Waals surface area contributed by atoms with Crippen molar-refractivity contribution in [1.82, 2.24) is 5.32 Å². The standard InChI is InChI=1S/C21H30N2O2/c1-2-18(21(25)22-17-12-5-3-4-6-13-17)23-19-14-8-7-10-16(19)11-9-15-20(23)24/h7-8,10,14,17-18H,2-6,9,11-13,15H2,1H3,(H,22,25). The number of hydrogen-bond donors (Lipinski definition) is 1. The SMILES string of the molecule is CCC(C(=O)NC1CCCCCC1)N1C(=O)CCCc2ccccc21. The highest BCUT2D eigenvalue weighted by molar-refractivity contribution is 6.01. The van der Waals surface area contributed by atoms with Gasteiger partial charge in [0.05, 0.1) is 0 Å². The number of hydrogen-bond acceptors (Lipinski definition) is 2. The highest BCUT2D eigenvalue weighted by Gasteiger charge is 2.33. The molecule has 0 spiro atoms. The summed E-state index contributed by atoms with van der Waals surface area (Å²) in [6.07, 6.45) is 9.94. The Labute approximate surface area is 151 Å². The van der Waals surface area contributed by atoms with Gasteiger partial charge in [0.1, 0.15) is 6.04 Å². The topological polar surface area (TPSA) is 49.4 Å². The quantitative estimate of drug-likeness (QED) is 0.842. The monoisotopic (exact) mass is 342 g/mol. The molecule has 4 nitrogen and oxygen atoms in total. The number of para-hydroxylation sites is 1. The zero-order chi connectivity index (χ0) is 17.6. The van der Waals surface area contributed by atoms with Gasteiger partial charge < -0.3 is 5.32 Å². The summed E-state index contributed by atoms with van der Waals surface area (Å²) in [5.74, 6) is 0.0901. The summed E-state index contributed by atoms with van der Waals surface area (Å²) in [4.78, 5) is 27.6. The summed E-state index contributed by atoms with van der Waals surface area (Å²) >= 11 is 0. The number of anilines is 1. The molecular formula is C21H30N2O2. The number of benzene rings is 1. The van der Waals surface area contributed by atoms with Crippen molar-refractivity contribution in [3.8, 4) is 0 Å². The lowest BCUT2D eigenvalue weighted by atomic mass is 10.0. The number of carbonyl (C=O) groups is 2. The molecule has 136 valence electrons. The zero-order valence-corrected chi connectivity index (χ0v) is 15.3. The molecule has 1 unspecified atom stereocenters. The van der Waals surface area contributed by atoms with Crippen molar-refractivity contribution in [3.63, 3.8) is 0 Å². The van der Waals surface area contributed by atoms with Crippen LogP contribution in [0, 0.1) is 0 Å². The third-order valence-electron chi connectivity index (χ3n) is 5.56. The van der Waals surface area contributed by atoms with Gasteiger partial charge in [0, 0.05) is 18.2 Å². The maximum absolute atomic E-state index is 13.0. The van der Waals surface area contributed by atoms with Crippen molar-refractivity contribution in [3.05, 3.63) is 29.8 Å². The van der Waals surface area contributed by atoms with Gasteiger partial charge in [-0.05, 0) is 43.7 Å². The van der Waals surface area contributed by atoms with Crippen LogP contribution in [-0.2, 0) is 16.0 Å². The summed E-state index contributed by atoms with van der Waals surface area (Å²) < 4.78 is 0. The molecule has 0 saturated heterocycles. The predicted octanol–water partition coefficient (Wildman–Crippen LogP) is 3.97. The predicted molar refractivity (Wildman–Crippen MR) is 101 cm³/mol. The second-order valence-corrected chi connectivity index (χ2v) is 7.37. The van der Waals surface area contributed by atoms with E-state index in [1.54, 1.807) is 4.90 Å². The molecule has 1 heterocycles. The van der Waals surface area contributed by atoms with E-state index in [-0.39, 0.29) is 17.9 Å². The summed E-state index contributed by atoms with van der Waals surface area (Å²) in [5.41, 5.74) is 2.10. The molecule has 0 radical (unpaired) electrons. The molecule has 1 atom stereocenters. The minimum absolute atomic E-state index is 0.0134. The lowest BCUT2D eigenvalue weighted by molar-refractivity contribution is -0.127. The Bertz CT molecular complexity index is 606. The van der Waals surface area contributed by atoms with E-state index in [1.165, 1.54) is 31.2 Å². The molecule has 25 heavy (non-hydrogen) atoms. The maximum atomic E-state index is 13.0. The van der Waals surface area contributed by atoms with Crippen molar-refractivity contribution >= 4 is 17.5 Å². The van der Waals surface area contributed by atoms with Crippen molar-refractivity contribution in [1.29, 1.82) is 0 Å². The van der Waals surface area contributed by atoms with Crippen LogP contribution in [-0.4, -0.2) is 23.9 Å². The van der Waals surface area contributed by atoms with Gasteiger partial charge in [0.2, 0.25) is 11.8 Å². The lowest BCUT2D eigenvalue weighted by Crippen LogP contribution is -2.51. The van der Waals surface area contributed by atoms with E-state index in [4.69, 9.17) is 0 Å². The molecule has 1 aromatic rings. The molecule has 1 N–H and O–H groups in total. The number of aryl methyl sites for hydroxylation is 1. The maximum Gasteiger partial charge on any atom is 0.243 e. The molecule has 4 heteroatoms. The van der Waals surface area contributed by atoms with Crippen molar-refractivity contribution in [2.75, 3.05) is 4.90 Å². The summed E-state index contributed by atoms with van der Waals surface area (Å²) in [7, 11) is 0. The first-order chi connectivity index (χ1) is 12.2. The second kappa shape index (κ2) is 8.50. The minimum Gasteiger partial charge on any atom is -0.352 e. The van der Waals surface area contributed by atoms with Crippen LogP contribution < -0.4 is 10.2 Å². The van der Waals surface area contributed by atoms with Gasteiger partial charge in [0.15, 0.2) is 0 Å². The van der Waals surface area contributed by atoms with Crippen LogP contribution in [0.1, 0.15) is 70.3 Å². The Morgan fingerprint density at radius 3 is 2.56 bits per heavy atom. The highest BCUT2D eigenvalue weighted by Crippen LogP contribution is 2.29. The van der Waals surface area contributed by atoms with Crippen LogP contribution >= 0.6 is 0 Å². The second-order valence-electron chi connectivity index (χ2n) is 7.37. The Morgan fingerprint density at radius 2 is 1.84 bits per heavy atom. The number of amides is 2. The van der Waals surface area contributed by atoms with E-state index in [0.29, 0.717) is 12.8 Å².